The fourth-order valence-corrected chi connectivity index (χ4v) is 3.41. The van der Waals surface area contributed by atoms with E-state index in [1.165, 1.54) is 0 Å². The van der Waals surface area contributed by atoms with E-state index in [0.29, 0.717) is 23.8 Å². The third kappa shape index (κ3) is 2.50. The van der Waals surface area contributed by atoms with E-state index >= 15 is 0 Å². The van der Waals surface area contributed by atoms with Gasteiger partial charge in [-0.1, -0.05) is 24.3 Å². The molecule has 6 nitrogen and oxygen atoms in total. The van der Waals surface area contributed by atoms with Crippen molar-refractivity contribution in [2.75, 3.05) is 11.9 Å². The summed E-state index contributed by atoms with van der Waals surface area (Å²) >= 11 is 0. The first kappa shape index (κ1) is 16.2. The summed E-state index contributed by atoms with van der Waals surface area (Å²) in [7, 11) is 0. The second kappa shape index (κ2) is 6.22. The van der Waals surface area contributed by atoms with Crippen LogP contribution in [0.25, 0.3) is 11.0 Å². The number of hydrogen-bond donors (Lipinski definition) is 2. The SMILES string of the molecule is CCOC(=O)C1=C(C)Nc2nc3ccccc3n2[C@@H]1c1ccc(O)cc1. The summed E-state index contributed by atoms with van der Waals surface area (Å²) in [5.74, 6) is 0.491. The number of hydrogen-bond acceptors (Lipinski definition) is 5. The average Bonchev–Trinajstić information content (AvgIpc) is 2.99. The van der Waals surface area contributed by atoms with Crippen LogP contribution in [-0.4, -0.2) is 27.2 Å². The van der Waals surface area contributed by atoms with Gasteiger partial charge in [0.25, 0.3) is 0 Å². The highest BCUT2D eigenvalue weighted by molar-refractivity contribution is 5.94. The van der Waals surface area contributed by atoms with Crippen LogP contribution in [0, 0.1) is 0 Å². The van der Waals surface area contributed by atoms with Gasteiger partial charge in [-0.2, -0.15) is 0 Å². The molecular formula is C20H19N3O3. The third-order valence-corrected chi connectivity index (χ3v) is 4.53. The zero-order valence-corrected chi connectivity index (χ0v) is 14.6. The Labute approximate surface area is 150 Å². The number of anilines is 1. The molecule has 4 rings (SSSR count). The van der Waals surface area contributed by atoms with Crippen molar-refractivity contribution in [3.8, 4) is 5.75 Å². The largest absolute Gasteiger partial charge is 0.508 e. The summed E-state index contributed by atoms with van der Waals surface area (Å²) in [5.41, 5.74) is 3.88. The standard InChI is InChI=1S/C20H19N3O3/c1-3-26-19(25)17-12(2)21-20-22-15-6-4-5-7-16(15)23(20)18(17)13-8-10-14(24)11-9-13/h4-11,18,24H,3H2,1-2H3,(H,21,22)/t18-/m1/s1. The van der Waals surface area contributed by atoms with E-state index in [0.717, 1.165) is 16.6 Å². The van der Waals surface area contributed by atoms with Gasteiger partial charge in [0, 0.05) is 5.70 Å². The summed E-state index contributed by atoms with van der Waals surface area (Å²) in [6.45, 7) is 3.94. The Morgan fingerprint density at radius 3 is 2.69 bits per heavy atom. The van der Waals surface area contributed by atoms with Crippen LogP contribution < -0.4 is 5.32 Å². The molecule has 1 aromatic heterocycles. The molecule has 26 heavy (non-hydrogen) atoms. The van der Waals surface area contributed by atoms with Crippen LogP contribution in [0.1, 0.15) is 25.5 Å². The number of ether oxygens (including phenoxy) is 1. The number of nitrogens with zero attached hydrogens (tertiary/aromatic N) is 2. The van der Waals surface area contributed by atoms with Crippen molar-refractivity contribution in [1.29, 1.82) is 0 Å². The average molecular weight is 349 g/mol. The van der Waals surface area contributed by atoms with Crippen molar-refractivity contribution >= 4 is 23.0 Å². The number of benzene rings is 2. The van der Waals surface area contributed by atoms with Gasteiger partial charge < -0.3 is 15.2 Å². The van der Waals surface area contributed by atoms with Gasteiger partial charge >= 0.3 is 5.97 Å². The first-order valence-electron chi connectivity index (χ1n) is 8.51. The Balaban J connectivity index is 1.97. The van der Waals surface area contributed by atoms with Gasteiger partial charge in [-0.25, -0.2) is 9.78 Å². The number of phenols is 1. The van der Waals surface area contributed by atoms with Crippen molar-refractivity contribution in [1.82, 2.24) is 9.55 Å². The van der Waals surface area contributed by atoms with Crippen LogP contribution in [0.15, 0.2) is 59.8 Å². The van der Waals surface area contributed by atoms with Crippen LogP contribution in [0.5, 0.6) is 5.75 Å². The normalized spacial score (nSPS) is 16.3. The van der Waals surface area contributed by atoms with E-state index in [9.17, 15) is 9.90 Å². The molecule has 1 aliphatic heterocycles. The quantitative estimate of drug-likeness (QED) is 0.707. The molecule has 1 aliphatic rings. The molecule has 0 bridgehead atoms. The predicted molar refractivity (Wildman–Crippen MR) is 98.9 cm³/mol. The van der Waals surface area contributed by atoms with Crippen molar-refractivity contribution in [2.24, 2.45) is 0 Å². The number of para-hydroxylation sites is 2. The lowest BCUT2D eigenvalue weighted by atomic mass is 9.95. The number of carbonyl (C=O) groups excluding carboxylic acids is 1. The minimum Gasteiger partial charge on any atom is -0.508 e. The molecule has 0 saturated carbocycles. The Morgan fingerprint density at radius 2 is 1.96 bits per heavy atom. The van der Waals surface area contributed by atoms with E-state index in [4.69, 9.17) is 4.74 Å². The van der Waals surface area contributed by atoms with Crippen LogP contribution >= 0.6 is 0 Å². The molecule has 1 atom stereocenters. The van der Waals surface area contributed by atoms with Gasteiger partial charge in [-0.05, 0) is 43.7 Å². The molecule has 132 valence electrons. The summed E-state index contributed by atoms with van der Waals surface area (Å²) in [5, 5.41) is 12.9. The van der Waals surface area contributed by atoms with E-state index in [1.54, 1.807) is 19.1 Å². The van der Waals surface area contributed by atoms with Crippen molar-refractivity contribution in [3.63, 3.8) is 0 Å². The number of aromatic hydroxyl groups is 1. The van der Waals surface area contributed by atoms with Crippen molar-refractivity contribution < 1.29 is 14.6 Å². The monoisotopic (exact) mass is 349 g/mol. The molecule has 3 aromatic rings. The molecule has 2 aromatic carbocycles. The number of phenolic OH excluding ortho intramolecular Hbond substituents is 1. The van der Waals surface area contributed by atoms with Gasteiger partial charge in [0.05, 0.1) is 29.3 Å². The molecule has 0 fully saturated rings. The number of aromatic nitrogens is 2. The van der Waals surface area contributed by atoms with Crippen LogP contribution in [0.2, 0.25) is 0 Å². The first-order valence-corrected chi connectivity index (χ1v) is 8.51. The zero-order chi connectivity index (χ0) is 18.3. The summed E-state index contributed by atoms with van der Waals surface area (Å²) in [4.78, 5) is 17.4. The number of esters is 1. The van der Waals surface area contributed by atoms with E-state index in [1.807, 2.05) is 47.9 Å². The smallest absolute Gasteiger partial charge is 0.338 e. The second-order valence-corrected chi connectivity index (χ2v) is 6.17. The molecule has 0 spiro atoms. The molecule has 0 unspecified atom stereocenters. The highest BCUT2D eigenvalue weighted by Crippen LogP contribution is 2.39. The Morgan fingerprint density at radius 1 is 1.23 bits per heavy atom. The predicted octanol–water partition coefficient (Wildman–Crippen LogP) is 3.59. The highest BCUT2D eigenvalue weighted by atomic mass is 16.5. The minimum absolute atomic E-state index is 0.178. The number of carbonyl (C=O) groups is 1. The van der Waals surface area contributed by atoms with Crippen LogP contribution in [0.3, 0.4) is 0 Å². The van der Waals surface area contributed by atoms with Crippen LogP contribution in [0.4, 0.5) is 5.95 Å². The molecule has 0 amide bonds. The number of nitrogens with one attached hydrogen (secondary N) is 1. The first-order chi connectivity index (χ1) is 12.6. The van der Waals surface area contributed by atoms with Crippen molar-refractivity contribution in [3.05, 3.63) is 65.4 Å². The highest BCUT2D eigenvalue weighted by Gasteiger charge is 2.34. The lowest BCUT2D eigenvalue weighted by Gasteiger charge is -2.30. The number of imidazole rings is 1. The fourth-order valence-electron chi connectivity index (χ4n) is 3.41. The topological polar surface area (TPSA) is 76.4 Å². The van der Waals surface area contributed by atoms with Gasteiger partial charge in [0.15, 0.2) is 0 Å². The molecule has 6 heteroatoms. The lowest BCUT2D eigenvalue weighted by molar-refractivity contribution is -0.139. The molecular weight excluding hydrogens is 330 g/mol. The number of allylic oxidation sites excluding steroid dienone is 1. The van der Waals surface area contributed by atoms with Gasteiger partial charge in [0.2, 0.25) is 5.95 Å². The van der Waals surface area contributed by atoms with Gasteiger partial charge in [0.1, 0.15) is 5.75 Å². The van der Waals surface area contributed by atoms with Crippen molar-refractivity contribution in [2.45, 2.75) is 19.9 Å². The van der Waals surface area contributed by atoms with Gasteiger partial charge in [-0.3, -0.25) is 4.57 Å². The number of fused-ring (bicyclic) bond motifs is 3. The molecule has 2 N–H and O–H groups in total. The number of rotatable bonds is 3. The third-order valence-electron chi connectivity index (χ3n) is 4.53. The summed E-state index contributed by atoms with van der Waals surface area (Å²) in [6, 6.07) is 14.3. The summed E-state index contributed by atoms with van der Waals surface area (Å²) < 4.78 is 7.31. The molecule has 0 aliphatic carbocycles. The van der Waals surface area contributed by atoms with E-state index < -0.39 is 6.04 Å². The maximum atomic E-state index is 12.7. The maximum Gasteiger partial charge on any atom is 0.338 e. The second-order valence-electron chi connectivity index (χ2n) is 6.17. The maximum absolute atomic E-state index is 12.7. The lowest BCUT2D eigenvalue weighted by Crippen LogP contribution is -2.28. The molecule has 0 saturated heterocycles. The zero-order valence-electron chi connectivity index (χ0n) is 14.6. The Hall–Kier alpha value is -3.28. The fraction of sp³-hybridized carbons (Fsp3) is 0.200. The molecule has 2 heterocycles. The molecule has 0 radical (unpaired) electrons. The Kier molecular flexibility index (Phi) is 3.88. The van der Waals surface area contributed by atoms with Gasteiger partial charge in [-0.15, -0.1) is 0 Å². The summed E-state index contributed by atoms with van der Waals surface area (Å²) in [6.07, 6.45) is 0. The van der Waals surface area contributed by atoms with E-state index in [-0.39, 0.29) is 11.7 Å². The van der Waals surface area contributed by atoms with E-state index in [2.05, 4.69) is 10.3 Å². The van der Waals surface area contributed by atoms with Crippen LogP contribution in [-0.2, 0) is 9.53 Å². The minimum atomic E-state index is -0.390. The Bertz CT molecular complexity index is 1020.